The highest BCUT2D eigenvalue weighted by Gasteiger charge is 2.23. The minimum absolute atomic E-state index is 0.0263. The summed E-state index contributed by atoms with van der Waals surface area (Å²) in [6.45, 7) is 0. The van der Waals surface area contributed by atoms with Crippen LogP contribution in [0.2, 0.25) is 0 Å². The van der Waals surface area contributed by atoms with Crippen molar-refractivity contribution in [2.45, 2.75) is 0 Å². The first kappa shape index (κ1) is 20.5. The number of nitrogens with one attached hydrogen (secondary N) is 2. The molecule has 0 amide bonds. The zero-order valence-corrected chi connectivity index (χ0v) is 16.6. The molecule has 3 aromatic carbocycles. The van der Waals surface area contributed by atoms with E-state index in [1.165, 1.54) is 24.3 Å². The van der Waals surface area contributed by atoms with Gasteiger partial charge < -0.3 is 10.2 Å². The van der Waals surface area contributed by atoms with Gasteiger partial charge in [0.25, 0.3) is 0 Å². The number of aromatic nitrogens is 3. The molecule has 0 aliphatic rings. The van der Waals surface area contributed by atoms with Crippen molar-refractivity contribution in [1.82, 2.24) is 15.0 Å². The monoisotopic (exact) mass is 427 g/mol. The Balaban J connectivity index is 1.74. The Hall–Kier alpha value is -4.79. The van der Waals surface area contributed by atoms with E-state index in [2.05, 4.69) is 25.8 Å². The molecule has 0 aliphatic heterocycles. The number of hydrazine groups is 1. The van der Waals surface area contributed by atoms with Crippen LogP contribution in [0.3, 0.4) is 0 Å². The van der Waals surface area contributed by atoms with Crippen LogP contribution in [0.15, 0.2) is 78.9 Å². The summed E-state index contributed by atoms with van der Waals surface area (Å²) in [7, 11) is 0. The summed E-state index contributed by atoms with van der Waals surface area (Å²) in [5, 5.41) is 20.1. The molecule has 9 heteroatoms. The fourth-order valence-corrected chi connectivity index (χ4v) is 2.86. The van der Waals surface area contributed by atoms with Gasteiger partial charge in [-0.05, 0) is 36.4 Å². The molecule has 0 spiro atoms. The van der Waals surface area contributed by atoms with Crippen molar-refractivity contribution in [3.05, 3.63) is 102 Å². The Morgan fingerprint density at radius 3 is 1.56 bits per heavy atom. The van der Waals surface area contributed by atoms with Gasteiger partial charge in [-0.2, -0.15) is 9.97 Å². The summed E-state index contributed by atoms with van der Waals surface area (Å²) < 4.78 is 0. The Kier molecular flexibility index (Phi) is 5.71. The van der Waals surface area contributed by atoms with Crippen LogP contribution in [0.1, 0.15) is 32.4 Å². The normalized spacial score (nSPS) is 10.4. The Morgan fingerprint density at radius 2 is 1.06 bits per heavy atom. The molecule has 1 aromatic heterocycles. The number of ketones is 2. The van der Waals surface area contributed by atoms with Gasteiger partial charge >= 0.3 is 0 Å². The van der Waals surface area contributed by atoms with Gasteiger partial charge in [0.15, 0.2) is 0 Å². The quantitative estimate of drug-likeness (QED) is 0.259. The molecular formula is C23H17N5O4. The van der Waals surface area contributed by atoms with E-state index in [1.54, 1.807) is 36.4 Å². The number of aromatic hydroxyl groups is 2. The summed E-state index contributed by atoms with van der Waals surface area (Å²) in [5.41, 5.74) is 6.25. The van der Waals surface area contributed by atoms with Gasteiger partial charge in [-0.15, -0.1) is 0 Å². The maximum atomic E-state index is 13.0. The van der Waals surface area contributed by atoms with Gasteiger partial charge in [-0.1, -0.05) is 42.5 Å². The second-order valence-corrected chi connectivity index (χ2v) is 6.61. The van der Waals surface area contributed by atoms with Crippen molar-refractivity contribution in [2.24, 2.45) is 0 Å². The smallest absolute Gasteiger partial charge is 0.246 e. The largest absolute Gasteiger partial charge is 0.507 e. The first-order valence-electron chi connectivity index (χ1n) is 9.51. The number of carbonyl (C=O) groups excluding carboxylic acids is 2. The fraction of sp³-hybridized carbons (Fsp3) is 0. The maximum Gasteiger partial charge on any atom is 0.246 e. The molecule has 0 saturated heterocycles. The van der Waals surface area contributed by atoms with Gasteiger partial charge in [0.2, 0.25) is 29.2 Å². The Labute approximate surface area is 182 Å². The molecule has 0 atom stereocenters. The van der Waals surface area contributed by atoms with Crippen molar-refractivity contribution in [1.29, 1.82) is 0 Å². The van der Waals surface area contributed by atoms with E-state index in [9.17, 15) is 19.8 Å². The molecule has 32 heavy (non-hydrogen) atoms. The van der Waals surface area contributed by atoms with Crippen LogP contribution in [0.4, 0.5) is 11.6 Å². The average Bonchev–Trinajstić information content (AvgIpc) is 2.83. The topological polar surface area (TPSA) is 137 Å². The standard InChI is InChI=1S/C23H17N5O4/c29-17-12-6-4-10-15(17)19(31)21-24-22(20(32)16-11-5-7-13-18(16)30)26-23(25-21)28-27-14-8-2-1-3-9-14/h1-13,27,29-30H,(H,24,25,26,28). The molecule has 4 rings (SSSR count). The Morgan fingerprint density at radius 1 is 0.594 bits per heavy atom. The Bertz CT molecular complexity index is 1220. The number of phenolic OH excluding ortho intramolecular Hbond substituents is 2. The highest BCUT2D eigenvalue weighted by atomic mass is 16.3. The van der Waals surface area contributed by atoms with Crippen LogP contribution in [0.25, 0.3) is 0 Å². The number of carbonyl (C=O) groups is 2. The SMILES string of the molecule is O=C(c1nc(NNc2ccccc2)nc(C(=O)c2ccccc2O)n1)c1ccccc1O. The number of nitrogens with zero attached hydrogens (tertiary/aromatic N) is 3. The lowest BCUT2D eigenvalue weighted by atomic mass is 10.1. The van der Waals surface area contributed by atoms with Crippen LogP contribution in [-0.4, -0.2) is 36.7 Å². The fourth-order valence-electron chi connectivity index (χ4n) is 2.86. The lowest BCUT2D eigenvalue weighted by Gasteiger charge is -2.11. The van der Waals surface area contributed by atoms with Gasteiger partial charge in [0.1, 0.15) is 11.5 Å². The average molecular weight is 427 g/mol. The predicted octanol–water partition coefficient (Wildman–Crippen LogP) is 3.18. The number of anilines is 2. The van der Waals surface area contributed by atoms with Crippen LogP contribution in [0.5, 0.6) is 11.5 Å². The minimum Gasteiger partial charge on any atom is -0.507 e. The predicted molar refractivity (Wildman–Crippen MR) is 117 cm³/mol. The summed E-state index contributed by atoms with van der Waals surface area (Å²) >= 11 is 0. The van der Waals surface area contributed by atoms with E-state index < -0.39 is 11.6 Å². The summed E-state index contributed by atoms with van der Waals surface area (Å²) in [4.78, 5) is 38.1. The van der Waals surface area contributed by atoms with Gasteiger partial charge in [-0.25, -0.2) is 4.98 Å². The van der Waals surface area contributed by atoms with E-state index in [0.29, 0.717) is 5.69 Å². The molecule has 1 heterocycles. The highest BCUT2D eigenvalue weighted by Crippen LogP contribution is 2.21. The zero-order chi connectivity index (χ0) is 22.5. The highest BCUT2D eigenvalue weighted by molar-refractivity contribution is 6.11. The third-order valence-electron chi connectivity index (χ3n) is 4.43. The van der Waals surface area contributed by atoms with Gasteiger partial charge in [-0.3, -0.25) is 20.4 Å². The number of benzene rings is 3. The summed E-state index contributed by atoms with van der Waals surface area (Å²) in [6.07, 6.45) is 0. The van der Waals surface area contributed by atoms with Crippen molar-refractivity contribution in [3.63, 3.8) is 0 Å². The van der Waals surface area contributed by atoms with Crippen molar-refractivity contribution < 1.29 is 19.8 Å². The van der Waals surface area contributed by atoms with Gasteiger partial charge in [0, 0.05) is 0 Å². The first-order valence-corrected chi connectivity index (χ1v) is 9.51. The van der Waals surface area contributed by atoms with Crippen LogP contribution in [-0.2, 0) is 0 Å². The molecular weight excluding hydrogens is 410 g/mol. The van der Waals surface area contributed by atoms with E-state index >= 15 is 0 Å². The summed E-state index contributed by atoms with van der Waals surface area (Å²) in [5.74, 6) is -2.68. The summed E-state index contributed by atoms with van der Waals surface area (Å²) in [6, 6.07) is 20.9. The first-order chi connectivity index (χ1) is 15.5. The third-order valence-corrected chi connectivity index (χ3v) is 4.43. The van der Waals surface area contributed by atoms with E-state index in [-0.39, 0.29) is 40.2 Å². The van der Waals surface area contributed by atoms with E-state index in [1.807, 2.05) is 18.2 Å². The molecule has 0 fully saturated rings. The minimum atomic E-state index is -0.695. The number of phenols is 2. The molecule has 4 N–H and O–H groups in total. The van der Waals surface area contributed by atoms with Crippen LogP contribution >= 0.6 is 0 Å². The van der Waals surface area contributed by atoms with Gasteiger partial charge in [0.05, 0.1) is 16.8 Å². The lowest BCUT2D eigenvalue weighted by molar-refractivity contribution is 0.102. The zero-order valence-electron chi connectivity index (χ0n) is 16.6. The molecule has 9 nitrogen and oxygen atoms in total. The van der Waals surface area contributed by atoms with Crippen molar-refractivity contribution in [3.8, 4) is 11.5 Å². The lowest BCUT2D eigenvalue weighted by Crippen LogP contribution is -2.19. The second-order valence-electron chi connectivity index (χ2n) is 6.61. The second kappa shape index (κ2) is 8.92. The molecule has 4 aromatic rings. The maximum absolute atomic E-state index is 13.0. The number of hydrogen-bond acceptors (Lipinski definition) is 9. The van der Waals surface area contributed by atoms with E-state index in [4.69, 9.17) is 0 Å². The number of hydrogen-bond donors (Lipinski definition) is 4. The molecule has 0 saturated carbocycles. The molecule has 0 aliphatic carbocycles. The molecule has 0 bridgehead atoms. The molecule has 158 valence electrons. The molecule has 0 radical (unpaired) electrons. The number of para-hydroxylation sites is 3. The van der Waals surface area contributed by atoms with Crippen LogP contribution in [0, 0.1) is 0 Å². The van der Waals surface area contributed by atoms with E-state index in [0.717, 1.165) is 0 Å². The number of rotatable bonds is 7. The van der Waals surface area contributed by atoms with Crippen molar-refractivity contribution in [2.75, 3.05) is 10.9 Å². The third kappa shape index (κ3) is 4.36. The van der Waals surface area contributed by atoms with Crippen molar-refractivity contribution >= 4 is 23.2 Å². The van der Waals surface area contributed by atoms with Crippen LogP contribution < -0.4 is 10.9 Å². The molecule has 0 unspecified atom stereocenters.